The van der Waals surface area contributed by atoms with E-state index in [1.807, 2.05) is 109 Å². The molecule has 0 bridgehead atoms. The average molecular weight is 632 g/mol. The topological polar surface area (TPSA) is 63.2 Å². The molecule has 5 rings (SSSR count). The van der Waals surface area contributed by atoms with Crippen LogP contribution < -0.4 is 4.46 Å². The standard InChI is InChI=1S/C35H36O6Se/c1-26(36)40-34-33(39-24-29-18-10-4-11-19-29)32(41-35(34)42-30-20-12-5-13-21-30)31(38-23-28-16-8-3-9-17-28)25-37-22-27-14-6-2-7-15-27/h2-21,31-35H,22-25H2,1H3/t31-,32+,33+,34-,35+/m1/s1. The Kier molecular flexibility index (Phi) is 11.4. The summed E-state index contributed by atoms with van der Waals surface area (Å²) in [6.07, 6.45) is -2.13. The molecule has 42 heavy (non-hydrogen) atoms. The molecule has 0 spiro atoms. The van der Waals surface area contributed by atoms with Gasteiger partial charge in [0.2, 0.25) is 0 Å². The van der Waals surface area contributed by atoms with E-state index in [9.17, 15) is 4.79 Å². The summed E-state index contributed by atoms with van der Waals surface area (Å²) < 4.78 is 33.1. The van der Waals surface area contributed by atoms with Crippen LogP contribution in [0.15, 0.2) is 121 Å². The Morgan fingerprint density at radius 1 is 0.714 bits per heavy atom. The molecule has 1 aliphatic heterocycles. The van der Waals surface area contributed by atoms with Crippen molar-refractivity contribution in [2.45, 2.75) is 56.2 Å². The van der Waals surface area contributed by atoms with Gasteiger partial charge < -0.3 is 0 Å². The SMILES string of the molecule is CC(=O)O[C@@H]1[C@@H](OCc2ccccc2)[C@H]([C@@H](COCc2ccccc2)OCc2ccccc2)O[C@H]1[Se]c1ccccc1. The normalized spacial score (nSPS) is 20.7. The maximum atomic E-state index is 12.4. The van der Waals surface area contributed by atoms with E-state index < -0.39 is 24.4 Å². The Morgan fingerprint density at radius 3 is 1.81 bits per heavy atom. The predicted octanol–water partition coefficient (Wildman–Crippen LogP) is 5.06. The third-order valence-electron chi connectivity index (χ3n) is 6.86. The van der Waals surface area contributed by atoms with Crippen molar-refractivity contribution in [3.8, 4) is 0 Å². The number of benzene rings is 4. The molecular weight excluding hydrogens is 595 g/mol. The second-order valence-corrected chi connectivity index (χ2v) is 12.5. The molecule has 0 radical (unpaired) electrons. The number of carbonyl (C=O) groups is 1. The number of esters is 1. The van der Waals surface area contributed by atoms with Crippen LogP contribution in [-0.2, 0) is 48.3 Å². The molecule has 6 nitrogen and oxygen atoms in total. The molecule has 0 aliphatic carbocycles. The van der Waals surface area contributed by atoms with Gasteiger partial charge in [-0.05, 0) is 0 Å². The van der Waals surface area contributed by atoms with Gasteiger partial charge in [0.15, 0.2) is 0 Å². The van der Waals surface area contributed by atoms with Gasteiger partial charge in [-0.3, -0.25) is 0 Å². The molecule has 1 aliphatic rings. The van der Waals surface area contributed by atoms with Crippen LogP contribution >= 0.6 is 0 Å². The minimum absolute atomic E-state index is 0.140. The van der Waals surface area contributed by atoms with E-state index in [1.165, 1.54) is 6.92 Å². The quantitative estimate of drug-likeness (QED) is 0.143. The Bertz CT molecular complexity index is 1340. The van der Waals surface area contributed by atoms with Crippen molar-refractivity contribution in [1.29, 1.82) is 0 Å². The van der Waals surface area contributed by atoms with Crippen LogP contribution in [0.25, 0.3) is 0 Å². The Hall–Kier alpha value is -3.29. The Morgan fingerprint density at radius 2 is 1.24 bits per heavy atom. The first-order chi connectivity index (χ1) is 20.7. The van der Waals surface area contributed by atoms with Crippen molar-refractivity contribution < 1.29 is 28.5 Å². The zero-order valence-electron chi connectivity index (χ0n) is 23.6. The van der Waals surface area contributed by atoms with Crippen LogP contribution in [-0.4, -0.2) is 57.0 Å². The van der Waals surface area contributed by atoms with Gasteiger partial charge in [0.25, 0.3) is 0 Å². The predicted molar refractivity (Wildman–Crippen MR) is 162 cm³/mol. The van der Waals surface area contributed by atoms with Gasteiger partial charge in [0, 0.05) is 0 Å². The van der Waals surface area contributed by atoms with Crippen LogP contribution in [0.3, 0.4) is 0 Å². The summed E-state index contributed by atoms with van der Waals surface area (Å²) in [7, 11) is 0. The van der Waals surface area contributed by atoms with Gasteiger partial charge in [0.05, 0.1) is 0 Å². The van der Waals surface area contributed by atoms with Gasteiger partial charge >= 0.3 is 255 Å². The second-order valence-electron chi connectivity index (χ2n) is 10.1. The summed E-state index contributed by atoms with van der Waals surface area (Å²) in [6, 6.07) is 40.2. The minimum atomic E-state index is -0.589. The molecule has 4 aromatic carbocycles. The van der Waals surface area contributed by atoms with Gasteiger partial charge in [-0.2, -0.15) is 0 Å². The van der Waals surface area contributed by atoms with Crippen LogP contribution in [0.2, 0.25) is 0 Å². The molecule has 1 heterocycles. The number of hydrogen-bond donors (Lipinski definition) is 0. The summed E-state index contributed by atoms with van der Waals surface area (Å²) in [5.74, 6) is -0.367. The van der Waals surface area contributed by atoms with Gasteiger partial charge in [-0.25, -0.2) is 0 Å². The third-order valence-corrected chi connectivity index (χ3v) is 9.28. The fourth-order valence-corrected chi connectivity index (χ4v) is 7.16. The molecule has 1 saturated heterocycles. The molecule has 218 valence electrons. The van der Waals surface area contributed by atoms with E-state index in [4.69, 9.17) is 23.7 Å². The van der Waals surface area contributed by atoms with Crippen molar-refractivity contribution in [2.75, 3.05) is 6.61 Å². The van der Waals surface area contributed by atoms with Gasteiger partial charge in [-0.15, -0.1) is 0 Å². The average Bonchev–Trinajstić information content (AvgIpc) is 3.35. The van der Waals surface area contributed by atoms with Crippen molar-refractivity contribution in [3.05, 3.63) is 138 Å². The van der Waals surface area contributed by atoms with Crippen LogP contribution in [0, 0.1) is 0 Å². The van der Waals surface area contributed by atoms with Crippen LogP contribution in [0.4, 0.5) is 0 Å². The molecule has 0 amide bonds. The zero-order chi connectivity index (χ0) is 29.0. The summed E-state index contributed by atoms with van der Waals surface area (Å²) in [5.41, 5.74) is 3.15. The first-order valence-corrected chi connectivity index (χ1v) is 16.0. The number of hydrogen-bond acceptors (Lipinski definition) is 6. The van der Waals surface area contributed by atoms with E-state index in [-0.39, 0.29) is 32.5 Å². The first-order valence-electron chi connectivity index (χ1n) is 14.1. The van der Waals surface area contributed by atoms with Crippen molar-refractivity contribution in [1.82, 2.24) is 0 Å². The van der Waals surface area contributed by atoms with E-state index in [0.29, 0.717) is 19.8 Å². The molecule has 4 aromatic rings. The second kappa shape index (κ2) is 15.8. The Labute approximate surface area is 254 Å². The molecule has 0 unspecified atom stereocenters. The molecule has 5 atom stereocenters. The van der Waals surface area contributed by atoms with Crippen LogP contribution in [0.5, 0.6) is 0 Å². The monoisotopic (exact) mass is 632 g/mol. The van der Waals surface area contributed by atoms with E-state index in [0.717, 1.165) is 21.2 Å². The van der Waals surface area contributed by atoms with Gasteiger partial charge in [-0.1, -0.05) is 0 Å². The van der Waals surface area contributed by atoms with Crippen molar-refractivity contribution in [2.24, 2.45) is 0 Å². The molecule has 1 fully saturated rings. The molecule has 0 saturated carbocycles. The van der Waals surface area contributed by atoms with Gasteiger partial charge in [0.1, 0.15) is 0 Å². The van der Waals surface area contributed by atoms with Crippen LogP contribution in [0.1, 0.15) is 23.6 Å². The molecule has 0 N–H and O–H groups in total. The maximum absolute atomic E-state index is 12.4. The summed E-state index contributed by atoms with van der Waals surface area (Å²) in [4.78, 5) is 12.4. The first kappa shape index (κ1) is 30.2. The summed E-state index contributed by atoms with van der Waals surface area (Å²) in [6.45, 7) is 2.90. The molecule has 7 heteroatoms. The number of rotatable bonds is 14. The number of carbonyl (C=O) groups excluding carboxylic acids is 1. The van der Waals surface area contributed by atoms with E-state index in [2.05, 4.69) is 12.1 Å². The number of ether oxygens (including phenoxy) is 5. The molecular formula is C35H36O6Se. The fourth-order valence-electron chi connectivity index (χ4n) is 4.83. The Balaban J connectivity index is 1.41. The van der Waals surface area contributed by atoms with Crippen molar-refractivity contribution >= 4 is 25.4 Å². The van der Waals surface area contributed by atoms with Crippen molar-refractivity contribution in [3.63, 3.8) is 0 Å². The summed E-state index contributed by atoms with van der Waals surface area (Å²) in [5, 5.41) is -0.355. The van der Waals surface area contributed by atoms with E-state index in [1.54, 1.807) is 0 Å². The molecule has 0 aromatic heterocycles. The van der Waals surface area contributed by atoms with E-state index >= 15 is 0 Å². The zero-order valence-corrected chi connectivity index (χ0v) is 25.3. The fraction of sp³-hybridized carbons (Fsp3) is 0.286. The summed E-state index contributed by atoms with van der Waals surface area (Å²) >= 11 is -0.140. The third kappa shape index (κ3) is 8.85.